The van der Waals surface area contributed by atoms with Crippen molar-refractivity contribution in [3.05, 3.63) is 18.1 Å². The predicted molar refractivity (Wildman–Crippen MR) is 91.6 cm³/mol. The fourth-order valence-electron chi connectivity index (χ4n) is 3.27. The summed E-state index contributed by atoms with van der Waals surface area (Å²) in [4.78, 5) is 13.7. The molecule has 0 bridgehead atoms. The van der Waals surface area contributed by atoms with Gasteiger partial charge in [-0.3, -0.25) is 4.90 Å². The van der Waals surface area contributed by atoms with E-state index in [0.717, 1.165) is 44.2 Å². The third-order valence-corrected chi connectivity index (χ3v) is 6.43. The van der Waals surface area contributed by atoms with Crippen molar-refractivity contribution in [2.75, 3.05) is 42.6 Å². The lowest BCUT2D eigenvalue weighted by atomic mass is 9.96. The Hall–Kier alpha value is -1.21. The van der Waals surface area contributed by atoms with Gasteiger partial charge in [-0.15, -0.1) is 0 Å². The Kier molecular flexibility index (Phi) is 4.35. The Morgan fingerprint density at radius 1 is 1.17 bits per heavy atom. The minimum absolute atomic E-state index is 0.0595. The summed E-state index contributed by atoms with van der Waals surface area (Å²) in [6, 6.07) is 2.17. The van der Waals surface area contributed by atoms with E-state index in [-0.39, 0.29) is 11.5 Å². The molecular weight excluding hydrogens is 312 g/mol. The zero-order chi connectivity index (χ0) is 16.7. The van der Waals surface area contributed by atoms with Gasteiger partial charge >= 0.3 is 0 Å². The molecule has 3 rings (SSSR count). The fourth-order valence-corrected chi connectivity index (χ4v) is 5.03. The van der Waals surface area contributed by atoms with E-state index < -0.39 is 9.84 Å². The van der Waals surface area contributed by atoms with Crippen molar-refractivity contribution in [2.45, 2.75) is 38.6 Å². The molecule has 2 aliphatic rings. The quantitative estimate of drug-likeness (QED) is 0.804. The van der Waals surface area contributed by atoms with Crippen molar-refractivity contribution in [3.8, 4) is 0 Å². The van der Waals surface area contributed by atoms with Crippen molar-refractivity contribution in [1.29, 1.82) is 0 Å². The van der Waals surface area contributed by atoms with Crippen LogP contribution in [0.4, 0.5) is 5.82 Å². The Bertz CT molecular complexity index is 661. The van der Waals surface area contributed by atoms with E-state index >= 15 is 0 Å². The van der Waals surface area contributed by atoms with Gasteiger partial charge in [0.15, 0.2) is 9.84 Å². The lowest BCUT2D eigenvalue weighted by Gasteiger charge is -2.38. The number of anilines is 1. The van der Waals surface area contributed by atoms with Crippen LogP contribution in [0, 0.1) is 0 Å². The first-order valence-electron chi connectivity index (χ1n) is 8.27. The molecule has 1 atom stereocenters. The highest BCUT2D eigenvalue weighted by atomic mass is 32.2. The Balaban J connectivity index is 1.63. The molecule has 6 nitrogen and oxygen atoms in total. The molecule has 0 saturated carbocycles. The number of sulfone groups is 1. The zero-order valence-corrected chi connectivity index (χ0v) is 15.0. The molecule has 128 valence electrons. The summed E-state index contributed by atoms with van der Waals surface area (Å²) < 4.78 is 23.3. The van der Waals surface area contributed by atoms with Crippen molar-refractivity contribution in [3.63, 3.8) is 0 Å². The van der Waals surface area contributed by atoms with E-state index in [4.69, 9.17) is 4.98 Å². The second-order valence-corrected chi connectivity index (χ2v) is 9.80. The first-order valence-corrected chi connectivity index (χ1v) is 10.1. The largest absolute Gasteiger partial charge is 0.354 e. The molecule has 2 aliphatic heterocycles. The third kappa shape index (κ3) is 3.83. The van der Waals surface area contributed by atoms with Gasteiger partial charge in [0, 0.05) is 43.8 Å². The third-order valence-electron chi connectivity index (χ3n) is 4.67. The molecule has 0 aromatic carbocycles. The van der Waals surface area contributed by atoms with E-state index in [1.165, 1.54) is 0 Å². The maximum atomic E-state index is 11.6. The van der Waals surface area contributed by atoms with E-state index in [1.54, 1.807) is 0 Å². The van der Waals surface area contributed by atoms with E-state index in [2.05, 4.69) is 35.6 Å². The standard InChI is InChI=1S/C16H26N4O2S/c1-16(2,3)15-17-6-4-14(18-15)20-9-7-19(8-10-20)13-5-11-23(21,22)12-13/h4,6,13H,5,7-12H2,1-3H3/t13-/m0/s1. The molecule has 0 aliphatic carbocycles. The normalized spacial score (nSPS) is 25.7. The highest BCUT2D eigenvalue weighted by Crippen LogP contribution is 2.23. The molecule has 0 N–H and O–H groups in total. The van der Waals surface area contributed by atoms with Gasteiger partial charge in [0.05, 0.1) is 11.5 Å². The van der Waals surface area contributed by atoms with Gasteiger partial charge in [0.25, 0.3) is 0 Å². The van der Waals surface area contributed by atoms with Gasteiger partial charge in [-0.25, -0.2) is 18.4 Å². The number of piperazine rings is 1. The van der Waals surface area contributed by atoms with Crippen LogP contribution < -0.4 is 4.90 Å². The summed E-state index contributed by atoms with van der Waals surface area (Å²) in [5.41, 5.74) is -0.0595. The van der Waals surface area contributed by atoms with E-state index in [9.17, 15) is 8.42 Å². The van der Waals surface area contributed by atoms with Gasteiger partial charge in [0.1, 0.15) is 11.6 Å². The second kappa shape index (κ2) is 6.02. The van der Waals surface area contributed by atoms with Gasteiger partial charge in [-0.1, -0.05) is 20.8 Å². The molecule has 1 aromatic heterocycles. The molecule has 0 unspecified atom stereocenters. The highest BCUT2D eigenvalue weighted by Gasteiger charge is 2.33. The van der Waals surface area contributed by atoms with Crippen molar-refractivity contribution in [1.82, 2.24) is 14.9 Å². The Labute approximate surface area is 138 Å². The number of rotatable bonds is 2. The summed E-state index contributed by atoms with van der Waals surface area (Å²) >= 11 is 0. The lowest BCUT2D eigenvalue weighted by Crippen LogP contribution is -2.51. The predicted octanol–water partition coefficient (Wildman–Crippen LogP) is 1.08. The van der Waals surface area contributed by atoms with Gasteiger partial charge in [-0.05, 0) is 12.5 Å². The van der Waals surface area contributed by atoms with Crippen LogP contribution in [-0.2, 0) is 15.3 Å². The molecule has 0 radical (unpaired) electrons. The van der Waals surface area contributed by atoms with E-state index in [0.29, 0.717) is 11.5 Å². The van der Waals surface area contributed by atoms with Crippen LogP contribution in [0.5, 0.6) is 0 Å². The molecule has 1 aromatic rings. The van der Waals surface area contributed by atoms with Crippen LogP contribution >= 0.6 is 0 Å². The molecule has 7 heteroatoms. The number of aromatic nitrogens is 2. The highest BCUT2D eigenvalue weighted by molar-refractivity contribution is 7.91. The number of hydrogen-bond acceptors (Lipinski definition) is 6. The van der Waals surface area contributed by atoms with Crippen LogP contribution in [0.3, 0.4) is 0 Å². The number of nitrogens with zero attached hydrogens (tertiary/aromatic N) is 4. The molecular formula is C16H26N4O2S. The van der Waals surface area contributed by atoms with Crippen LogP contribution in [0.1, 0.15) is 33.0 Å². The molecule has 0 amide bonds. The maximum Gasteiger partial charge on any atom is 0.151 e. The topological polar surface area (TPSA) is 66.4 Å². The summed E-state index contributed by atoms with van der Waals surface area (Å²) in [5, 5.41) is 0. The van der Waals surface area contributed by atoms with Crippen LogP contribution in [-0.4, -0.2) is 67.0 Å². The van der Waals surface area contributed by atoms with Crippen molar-refractivity contribution >= 4 is 15.7 Å². The van der Waals surface area contributed by atoms with Crippen LogP contribution in [0.25, 0.3) is 0 Å². The Morgan fingerprint density at radius 3 is 2.43 bits per heavy atom. The molecule has 2 saturated heterocycles. The van der Waals surface area contributed by atoms with Gasteiger partial charge in [-0.2, -0.15) is 0 Å². The molecule has 0 spiro atoms. The molecule has 23 heavy (non-hydrogen) atoms. The van der Waals surface area contributed by atoms with Crippen molar-refractivity contribution < 1.29 is 8.42 Å². The van der Waals surface area contributed by atoms with Crippen molar-refractivity contribution in [2.24, 2.45) is 0 Å². The first kappa shape index (κ1) is 16.6. The number of hydrogen-bond donors (Lipinski definition) is 0. The average molecular weight is 338 g/mol. The summed E-state index contributed by atoms with van der Waals surface area (Å²) in [5.74, 6) is 2.51. The lowest BCUT2D eigenvalue weighted by molar-refractivity contribution is 0.200. The fraction of sp³-hybridized carbons (Fsp3) is 0.750. The zero-order valence-electron chi connectivity index (χ0n) is 14.2. The van der Waals surface area contributed by atoms with Crippen LogP contribution in [0.15, 0.2) is 12.3 Å². The van der Waals surface area contributed by atoms with E-state index in [1.807, 2.05) is 12.3 Å². The minimum Gasteiger partial charge on any atom is -0.354 e. The molecule has 3 heterocycles. The van der Waals surface area contributed by atoms with Crippen LogP contribution in [0.2, 0.25) is 0 Å². The Morgan fingerprint density at radius 2 is 1.87 bits per heavy atom. The SMILES string of the molecule is CC(C)(C)c1nccc(N2CCN([C@H]3CCS(=O)(=O)C3)CC2)n1. The minimum atomic E-state index is -2.81. The van der Waals surface area contributed by atoms with Gasteiger partial charge in [0.2, 0.25) is 0 Å². The second-order valence-electron chi connectivity index (χ2n) is 7.57. The maximum absolute atomic E-state index is 11.6. The summed E-state index contributed by atoms with van der Waals surface area (Å²) in [6.07, 6.45) is 2.61. The monoisotopic (exact) mass is 338 g/mol. The summed E-state index contributed by atoms with van der Waals surface area (Å²) in [7, 11) is -2.81. The average Bonchev–Trinajstić information content (AvgIpc) is 2.87. The van der Waals surface area contributed by atoms with Gasteiger partial charge < -0.3 is 4.90 Å². The smallest absolute Gasteiger partial charge is 0.151 e. The molecule has 2 fully saturated rings. The summed E-state index contributed by atoms with van der Waals surface area (Å²) in [6.45, 7) is 9.91. The first-order chi connectivity index (χ1) is 10.7.